The van der Waals surface area contributed by atoms with Crippen LogP contribution in [0.3, 0.4) is 0 Å². The zero-order valence-electron chi connectivity index (χ0n) is 8.04. The fraction of sp³-hybridized carbons (Fsp3) is 0.375. The monoisotopic (exact) mass is 323 g/mol. The normalized spacial score (nSPS) is 9.73. The van der Waals surface area contributed by atoms with Gasteiger partial charge in [0.2, 0.25) is 0 Å². The molecule has 2 N–H and O–H groups in total. The molecule has 0 aliphatic carbocycles. The average Bonchev–Trinajstić information content (AvgIpc) is 2.21. The van der Waals surface area contributed by atoms with E-state index in [1.165, 1.54) is 6.33 Å². The van der Waals surface area contributed by atoms with Crippen LogP contribution in [0.4, 0.5) is 5.82 Å². The number of hydrogen-bond acceptors (Lipinski definition) is 5. The lowest BCUT2D eigenvalue weighted by molar-refractivity contribution is -0.140. The van der Waals surface area contributed by atoms with Gasteiger partial charge in [0, 0.05) is 0 Å². The minimum absolute atomic E-state index is 0.000293. The number of ether oxygens (including phenoxy) is 1. The number of carbonyl (C=O) groups excluding carboxylic acids is 1. The van der Waals surface area contributed by atoms with Gasteiger partial charge in [0.05, 0.1) is 12.9 Å². The summed E-state index contributed by atoms with van der Waals surface area (Å²) in [6, 6.07) is 0. The molecule has 1 rings (SSSR count). The summed E-state index contributed by atoms with van der Waals surface area (Å²) in [5.74, 6) is 0.00258. The highest BCUT2D eigenvalue weighted by molar-refractivity contribution is 14.1. The summed E-state index contributed by atoms with van der Waals surface area (Å²) in [4.78, 5) is 28.5. The standard InChI is InChI=1S/C8H10IN3O3/c1-2-15-5(13)3-10-7-6(9)8(14)12-4-11-7/h4H,2-3H2,1H3,(H2,10,11,12,14). The first kappa shape index (κ1) is 12.0. The Morgan fingerprint density at radius 3 is 3.13 bits per heavy atom. The second kappa shape index (κ2) is 5.69. The highest BCUT2D eigenvalue weighted by Gasteiger charge is 2.07. The van der Waals surface area contributed by atoms with Crippen molar-refractivity contribution in [3.05, 3.63) is 20.3 Å². The summed E-state index contributed by atoms with van der Waals surface area (Å²) in [7, 11) is 0. The molecular formula is C8H10IN3O3. The van der Waals surface area contributed by atoms with Gasteiger partial charge in [0.1, 0.15) is 15.9 Å². The third-order valence-electron chi connectivity index (χ3n) is 1.50. The number of aromatic amines is 1. The summed E-state index contributed by atoms with van der Waals surface area (Å²) in [6.45, 7) is 2.06. The summed E-state index contributed by atoms with van der Waals surface area (Å²) in [6.07, 6.45) is 1.28. The van der Waals surface area contributed by atoms with Gasteiger partial charge >= 0.3 is 5.97 Å². The van der Waals surface area contributed by atoms with E-state index in [0.717, 1.165) is 0 Å². The van der Waals surface area contributed by atoms with Crippen LogP contribution in [0.15, 0.2) is 11.1 Å². The van der Waals surface area contributed by atoms with Gasteiger partial charge < -0.3 is 15.0 Å². The molecule has 0 bridgehead atoms. The Morgan fingerprint density at radius 1 is 1.73 bits per heavy atom. The molecule has 6 nitrogen and oxygen atoms in total. The van der Waals surface area contributed by atoms with E-state index in [-0.39, 0.29) is 18.1 Å². The van der Waals surface area contributed by atoms with Crippen molar-refractivity contribution in [1.82, 2.24) is 9.97 Å². The van der Waals surface area contributed by atoms with Crippen molar-refractivity contribution in [2.24, 2.45) is 0 Å². The van der Waals surface area contributed by atoms with Gasteiger partial charge in [-0.3, -0.25) is 9.59 Å². The third-order valence-corrected chi connectivity index (χ3v) is 2.50. The minimum atomic E-state index is -0.379. The summed E-state index contributed by atoms with van der Waals surface area (Å²) >= 11 is 1.85. The Morgan fingerprint density at radius 2 is 2.47 bits per heavy atom. The van der Waals surface area contributed by atoms with Gasteiger partial charge in [-0.25, -0.2) is 4.98 Å². The van der Waals surface area contributed by atoms with Gasteiger partial charge in [-0.05, 0) is 29.5 Å². The van der Waals surface area contributed by atoms with Crippen molar-refractivity contribution >= 4 is 34.4 Å². The van der Waals surface area contributed by atoms with E-state index in [9.17, 15) is 9.59 Å². The molecule has 1 aromatic heterocycles. The lowest BCUT2D eigenvalue weighted by Gasteiger charge is -2.05. The zero-order chi connectivity index (χ0) is 11.3. The topological polar surface area (TPSA) is 84.1 Å². The van der Waals surface area contributed by atoms with Gasteiger partial charge in [0.25, 0.3) is 5.56 Å². The summed E-state index contributed by atoms with van der Waals surface area (Å²) in [5, 5.41) is 2.73. The van der Waals surface area contributed by atoms with E-state index in [2.05, 4.69) is 15.3 Å². The van der Waals surface area contributed by atoms with Gasteiger partial charge in [-0.2, -0.15) is 0 Å². The molecule has 7 heteroatoms. The van der Waals surface area contributed by atoms with Crippen LogP contribution in [0.25, 0.3) is 0 Å². The number of hydrogen-bond donors (Lipinski definition) is 2. The van der Waals surface area contributed by atoms with Crippen molar-refractivity contribution in [2.75, 3.05) is 18.5 Å². The van der Waals surface area contributed by atoms with Crippen LogP contribution in [0.1, 0.15) is 6.92 Å². The van der Waals surface area contributed by atoms with E-state index in [1.54, 1.807) is 6.92 Å². The lowest BCUT2D eigenvalue weighted by Crippen LogP contribution is -2.20. The quantitative estimate of drug-likeness (QED) is 0.617. The Balaban J connectivity index is 2.62. The molecule has 0 radical (unpaired) electrons. The number of esters is 1. The molecule has 0 aliphatic heterocycles. The zero-order valence-corrected chi connectivity index (χ0v) is 10.2. The highest BCUT2D eigenvalue weighted by atomic mass is 127. The number of rotatable bonds is 4. The Hall–Kier alpha value is -1.12. The number of halogens is 1. The second-order valence-electron chi connectivity index (χ2n) is 2.55. The largest absolute Gasteiger partial charge is 0.465 e. The average molecular weight is 323 g/mol. The lowest BCUT2D eigenvalue weighted by atomic mass is 10.5. The van der Waals surface area contributed by atoms with Gasteiger partial charge in [0.15, 0.2) is 0 Å². The number of anilines is 1. The number of H-pyrrole nitrogens is 1. The van der Waals surface area contributed by atoms with Crippen LogP contribution < -0.4 is 10.9 Å². The molecule has 1 heterocycles. The van der Waals surface area contributed by atoms with Crippen molar-refractivity contribution in [3.63, 3.8) is 0 Å². The van der Waals surface area contributed by atoms with E-state index in [0.29, 0.717) is 16.0 Å². The first-order valence-electron chi connectivity index (χ1n) is 4.27. The predicted molar refractivity (Wildman–Crippen MR) is 62.7 cm³/mol. The molecule has 0 saturated carbocycles. The number of nitrogens with one attached hydrogen (secondary N) is 2. The van der Waals surface area contributed by atoms with Crippen molar-refractivity contribution in [2.45, 2.75) is 6.92 Å². The van der Waals surface area contributed by atoms with Crippen molar-refractivity contribution in [3.8, 4) is 0 Å². The molecule has 0 atom stereocenters. The smallest absolute Gasteiger partial charge is 0.325 e. The first-order valence-corrected chi connectivity index (χ1v) is 5.35. The highest BCUT2D eigenvalue weighted by Crippen LogP contribution is 2.07. The molecule has 15 heavy (non-hydrogen) atoms. The number of nitrogens with zero attached hydrogens (tertiary/aromatic N) is 1. The van der Waals surface area contributed by atoms with Crippen molar-refractivity contribution < 1.29 is 9.53 Å². The van der Waals surface area contributed by atoms with Crippen LogP contribution in [-0.4, -0.2) is 29.1 Å². The third kappa shape index (κ3) is 3.50. The van der Waals surface area contributed by atoms with E-state index in [1.807, 2.05) is 22.6 Å². The Bertz CT molecular complexity index is 404. The van der Waals surface area contributed by atoms with E-state index >= 15 is 0 Å². The predicted octanol–water partition coefficient (Wildman–Crippen LogP) is 0.350. The van der Waals surface area contributed by atoms with E-state index < -0.39 is 0 Å². The van der Waals surface area contributed by atoms with Crippen LogP contribution in [-0.2, 0) is 9.53 Å². The summed E-state index contributed by atoms with van der Waals surface area (Å²) in [5.41, 5.74) is -0.239. The molecule has 0 amide bonds. The van der Waals surface area contributed by atoms with E-state index in [4.69, 9.17) is 4.74 Å². The number of carbonyl (C=O) groups is 1. The van der Waals surface area contributed by atoms with Crippen molar-refractivity contribution in [1.29, 1.82) is 0 Å². The van der Waals surface area contributed by atoms with Gasteiger partial charge in [-0.1, -0.05) is 0 Å². The molecule has 1 aromatic rings. The molecule has 0 aromatic carbocycles. The first-order chi connectivity index (χ1) is 7.15. The maximum atomic E-state index is 11.2. The van der Waals surface area contributed by atoms with Crippen LogP contribution in [0.2, 0.25) is 0 Å². The molecule has 0 fully saturated rings. The SMILES string of the molecule is CCOC(=O)CNc1nc[nH]c(=O)c1I. The Labute approximate surface area is 99.6 Å². The van der Waals surface area contributed by atoms with Crippen LogP contribution in [0.5, 0.6) is 0 Å². The van der Waals surface area contributed by atoms with Crippen LogP contribution in [0, 0.1) is 3.57 Å². The minimum Gasteiger partial charge on any atom is -0.465 e. The molecule has 82 valence electrons. The fourth-order valence-electron chi connectivity index (χ4n) is 0.874. The second-order valence-corrected chi connectivity index (χ2v) is 3.63. The molecule has 0 saturated heterocycles. The molecule has 0 aliphatic rings. The maximum Gasteiger partial charge on any atom is 0.325 e. The van der Waals surface area contributed by atoms with Crippen LogP contribution >= 0.6 is 22.6 Å². The molecular weight excluding hydrogens is 313 g/mol. The fourth-order valence-corrected chi connectivity index (χ4v) is 1.36. The van der Waals surface area contributed by atoms with Gasteiger partial charge in [-0.15, -0.1) is 0 Å². The summed E-state index contributed by atoms with van der Waals surface area (Å²) < 4.78 is 5.13. The molecule has 0 unspecified atom stereocenters. The maximum absolute atomic E-state index is 11.2. The Kier molecular flexibility index (Phi) is 4.53. The number of aromatic nitrogens is 2. The molecule has 0 spiro atoms.